The van der Waals surface area contributed by atoms with Crippen LogP contribution < -0.4 is 15.0 Å². The van der Waals surface area contributed by atoms with Crippen LogP contribution in [0.3, 0.4) is 0 Å². The number of nitrogens with zero attached hydrogens (tertiary/aromatic N) is 4. The Labute approximate surface area is 189 Å². The van der Waals surface area contributed by atoms with Crippen molar-refractivity contribution >= 4 is 5.69 Å². The Morgan fingerprint density at radius 2 is 1.88 bits per heavy atom. The van der Waals surface area contributed by atoms with Gasteiger partial charge in [-0.3, -0.25) is 4.68 Å². The van der Waals surface area contributed by atoms with Gasteiger partial charge in [0.15, 0.2) is 0 Å². The number of hydrogen-bond acceptors (Lipinski definition) is 5. The summed E-state index contributed by atoms with van der Waals surface area (Å²) in [5, 5.41) is 17.3. The smallest absolute Gasteiger partial charge is 0.140 e. The van der Waals surface area contributed by atoms with Gasteiger partial charge < -0.3 is 15.0 Å². The summed E-state index contributed by atoms with van der Waals surface area (Å²) in [6.45, 7) is 4.34. The van der Waals surface area contributed by atoms with Crippen LogP contribution in [0.15, 0.2) is 48.8 Å². The lowest BCUT2D eigenvalue weighted by Gasteiger charge is -2.35. The largest absolute Gasteiger partial charge is 0.456 e. The fraction of sp³-hybridized carbons (Fsp3) is 0.385. The molecule has 5 rings (SSSR count). The van der Waals surface area contributed by atoms with E-state index in [9.17, 15) is 0 Å². The molecule has 3 heterocycles. The van der Waals surface area contributed by atoms with E-state index in [1.807, 2.05) is 18.3 Å². The number of hydrogen-bond donors (Lipinski definition) is 1. The van der Waals surface area contributed by atoms with Crippen LogP contribution in [0.25, 0.3) is 11.1 Å². The van der Waals surface area contributed by atoms with Crippen molar-refractivity contribution in [3.8, 4) is 28.7 Å². The molecule has 2 aliphatic heterocycles. The molecule has 0 spiro atoms. The zero-order valence-electron chi connectivity index (χ0n) is 18.7. The van der Waals surface area contributed by atoms with Gasteiger partial charge in [0.25, 0.3) is 0 Å². The van der Waals surface area contributed by atoms with E-state index in [1.165, 1.54) is 11.3 Å². The third-order valence-corrected chi connectivity index (χ3v) is 6.89. The average Bonchev–Trinajstić information content (AvgIpc) is 3.33. The van der Waals surface area contributed by atoms with Crippen molar-refractivity contribution in [3.05, 3.63) is 59.9 Å². The Bertz CT molecular complexity index is 1140. The topological polar surface area (TPSA) is 66.1 Å². The number of ether oxygens (including phenoxy) is 1. The van der Waals surface area contributed by atoms with Crippen molar-refractivity contribution in [1.82, 2.24) is 15.1 Å². The molecule has 1 N–H and O–H groups in total. The highest BCUT2D eigenvalue weighted by atomic mass is 16.5. The van der Waals surface area contributed by atoms with Gasteiger partial charge in [-0.15, -0.1) is 0 Å². The van der Waals surface area contributed by atoms with Crippen LogP contribution in [0.4, 0.5) is 5.69 Å². The molecule has 6 nitrogen and oxygen atoms in total. The molecule has 0 aliphatic carbocycles. The fourth-order valence-electron chi connectivity index (χ4n) is 4.78. The first kappa shape index (κ1) is 20.6. The van der Waals surface area contributed by atoms with Gasteiger partial charge in [0.1, 0.15) is 11.5 Å². The molecular weight excluding hydrogens is 398 g/mol. The van der Waals surface area contributed by atoms with Crippen molar-refractivity contribution < 1.29 is 4.74 Å². The van der Waals surface area contributed by atoms with Gasteiger partial charge in [0.2, 0.25) is 0 Å². The fourth-order valence-corrected chi connectivity index (χ4v) is 4.78. The zero-order chi connectivity index (χ0) is 22.1. The van der Waals surface area contributed by atoms with Gasteiger partial charge in [-0.05, 0) is 82.1 Å². The van der Waals surface area contributed by atoms with Crippen LogP contribution in [-0.4, -0.2) is 36.0 Å². The van der Waals surface area contributed by atoms with E-state index in [0.29, 0.717) is 17.6 Å². The number of benzene rings is 2. The SMILES string of the molecule is CC1CCc2c(ccc(-c3cnn(C4CCNCC4)c3)c2Oc2ccc(C#N)cc2)N1C. The first-order chi connectivity index (χ1) is 15.6. The maximum Gasteiger partial charge on any atom is 0.140 e. The van der Waals surface area contributed by atoms with E-state index >= 15 is 0 Å². The predicted octanol–water partition coefficient (Wildman–Crippen LogP) is 4.91. The Hall–Kier alpha value is -3.30. The third-order valence-electron chi connectivity index (χ3n) is 6.89. The van der Waals surface area contributed by atoms with E-state index in [4.69, 9.17) is 15.1 Å². The van der Waals surface area contributed by atoms with E-state index < -0.39 is 0 Å². The summed E-state index contributed by atoms with van der Waals surface area (Å²) in [6, 6.07) is 14.8. The molecule has 1 unspecified atom stereocenters. The Kier molecular flexibility index (Phi) is 5.59. The molecule has 1 saturated heterocycles. The molecule has 0 amide bonds. The molecule has 3 aromatic rings. The van der Waals surface area contributed by atoms with Crippen LogP contribution in [0.5, 0.6) is 11.5 Å². The molecule has 0 bridgehead atoms. The Balaban J connectivity index is 1.56. The molecular formula is C26H29N5O. The Morgan fingerprint density at radius 3 is 2.62 bits per heavy atom. The maximum atomic E-state index is 9.12. The summed E-state index contributed by atoms with van der Waals surface area (Å²) in [5.74, 6) is 1.64. The van der Waals surface area contributed by atoms with Crippen LogP contribution in [-0.2, 0) is 6.42 Å². The van der Waals surface area contributed by atoms with Crippen LogP contribution in [0.2, 0.25) is 0 Å². The van der Waals surface area contributed by atoms with E-state index in [2.05, 4.69) is 53.3 Å². The molecule has 32 heavy (non-hydrogen) atoms. The van der Waals surface area contributed by atoms with Gasteiger partial charge in [-0.25, -0.2) is 0 Å². The van der Waals surface area contributed by atoms with Crippen LogP contribution in [0, 0.1) is 11.3 Å². The maximum absolute atomic E-state index is 9.12. The minimum atomic E-state index is 0.442. The second-order valence-electron chi connectivity index (χ2n) is 8.87. The monoisotopic (exact) mass is 427 g/mol. The second-order valence-corrected chi connectivity index (χ2v) is 8.87. The highest BCUT2D eigenvalue weighted by molar-refractivity contribution is 5.78. The normalized spacial score (nSPS) is 18.8. The number of fused-ring (bicyclic) bond motifs is 1. The lowest BCUT2D eigenvalue weighted by atomic mass is 9.92. The summed E-state index contributed by atoms with van der Waals surface area (Å²) >= 11 is 0. The van der Waals surface area contributed by atoms with Crippen molar-refractivity contribution in [3.63, 3.8) is 0 Å². The molecule has 1 aromatic heterocycles. The molecule has 0 saturated carbocycles. The minimum absolute atomic E-state index is 0.442. The van der Waals surface area contributed by atoms with Gasteiger partial charge >= 0.3 is 0 Å². The summed E-state index contributed by atoms with van der Waals surface area (Å²) in [5.41, 5.74) is 5.24. The molecule has 1 atom stereocenters. The standard InChI is InChI=1S/C26H29N5O/c1-18-3-8-24-25(30(18)2)10-9-23(26(24)32-22-6-4-19(15-27)5-7-22)20-16-29-31(17-20)21-11-13-28-14-12-21/h4-7,9-10,16-18,21,28H,3,8,11-14H2,1-2H3. The van der Waals surface area contributed by atoms with Crippen molar-refractivity contribution in [2.45, 2.75) is 44.7 Å². The molecule has 2 aliphatic rings. The molecule has 2 aromatic carbocycles. The summed E-state index contributed by atoms with van der Waals surface area (Å²) in [6.07, 6.45) is 8.39. The van der Waals surface area contributed by atoms with Crippen LogP contribution >= 0.6 is 0 Å². The number of aromatic nitrogens is 2. The van der Waals surface area contributed by atoms with Crippen molar-refractivity contribution in [2.75, 3.05) is 25.0 Å². The molecule has 1 fully saturated rings. The highest BCUT2D eigenvalue weighted by Crippen LogP contribution is 2.44. The Morgan fingerprint density at radius 1 is 1.09 bits per heavy atom. The van der Waals surface area contributed by atoms with Crippen molar-refractivity contribution in [2.24, 2.45) is 0 Å². The third kappa shape index (κ3) is 3.85. The number of rotatable bonds is 4. The summed E-state index contributed by atoms with van der Waals surface area (Å²) < 4.78 is 8.64. The second kappa shape index (κ2) is 8.68. The number of anilines is 1. The zero-order valence-corrected chi connectivity index (χ0v) is 18.7. The predicted molar refractivity (Wildman–Crippen MR) is 126 cm³/mol. The number of piperidine rings is 1. The summed E-state index contributed by atoms with van der Waals surface area (Å²) in [4.78, 5) is 2.34. The molecule has 0 radical (unpaired) electrons. The average molecular weight is 428 g/mol. The van der Waals surface area contributed by atoms with E-state index in [1.54, 1.807) is 12.1 Å². The molecule has 164 valence electrons. The van der Waals surface area contributed by atoms with Gasteiger partial charge in [0.05, 0.1) is 23.9 Å². The lowest BCUT2D eigenvalue weighted by Crippen LogP contribution is -2.33. The number of nitrogens with one attached hydrogen (secondary N) is 1. The van der Waals surface area contributed by atoms with E-state index in [-0.39, 0.29) is 0 Å². The highest BCUT2D eigenvalue weighted by Gasteiger charge is 2.26. The lowest BCUT2D eigenvalue weighted by molar-refractivity contribution is 0.343. The summed E-state index contributed by atoms with van der Waals surface area (Å²) in [7, 11) is 2.16. The number of nitriles is 1. The molecule has 6 heteroatoms. The van der Waals surface area contributed by atoms with Crippen LogP contribution in [0.1, 0.15) is 43.4 Å². The quantitative estimate of drug-likeness (QED) is 0.641. The van der Waals surface area contributed by atoms with Crippen molar-refractivity contribution in [1.29, 1.82) is 5.26 Å². The van der Waals surface area contributed by atoms with Gasteiger partial charge in [-0.2, -0.15) is 10.4 Å². The van der Waals surface area contributed by atoms with Gasteiger partial charge in [0, 0.05) is 41.7 Å². The van der Waals surface area contributed by atoms with Gasteiger partial charge in [-0.1, -0.05) is 0 Å². The minimum Gasteiger partial charge on any atom is -0.456 e. The first-order valence-electron chi connectivity index (χ1n) is 11.5. The van der Waals surface area contributed by atoms with E-state index in [0.717, 1.165) is 61.4 Å². The first-order valence-corrected chi connectivity index (χ1v) is 11.5.